The minimum Gasteiger partial charge on any atom is -0.466 e. The smallest absolute Gasteiger partial charge is 0.336 e. The number of non-ortho nitro benzene ring substituents is 1. The second-order valence-corrected chi connectivity index (χ2v) is 8.20. The van der Waals surface area contributed by atoms with Gasteiger partial charge in [0.1, 0.15) is 0 Å². The van der Waals surface area contributed by atoms with Gasteiger partial charge in [0.25, 0.3) is 5.69 Å². The number of rotatable bonds is 12. The highest BCUT2D eigenvalue weighted by Crippen LogP contribution is 2.39. The molecule has 1 heterocycles. The van der Waals surface area contributed by atoms with E-state index in [0.717, 1.165) is 19.3 Å². The number of nitro groups is 1. The summed E-state index contributed by atoms with van der Waals surface area (Å²) in [6, 6.07) is 5.91. The molecule has 2 rings (SSSR count). The zero-order chi connectivity index (χ0) is 26.0. The third-order valence-electron chi connectivity index (χ3n) is 5.72. The van der Waals surface area contributed by atoms with E-state index >= 15 is 0 Å². The number of ether oxygens (including phenoxy) is 2. The lowest BCUT2D eigenvalue weighted by Gasteiger charge is -2.30. The van der Waals surface area contributed by atoms with Crippen LogP contribution in [-0.2, 0) is 23.9 Å². The largest absolute Gasteiger partial charge is 0.466 e. The summed E-state index contributed by atoms with van der Waals surface area (Å²) >= 11 is 0. The Hall–Kier alpha value is -3.69. The molecule has 0 fully saturated rings. The van der Waals surface area contributed by atoms with Crippen molar-refractivity contribution in [3.63, 3.8) is 0 Å². The number of esters is 2. The van der Waals surface area contributed by atoms with E-state index in [4.69, 9.17) is 9.47 Å². The molecule has 1 unspecified atom stereocenters. The number of carbonyl (C=O) groups is 3. The first-order valence-electron chi connectivity index (χ1n) is 11.7. The molecular formula is C25H33N3O7. The monoisotopic (exact) mass is 487 g/mol. The van der Waals surface area contributed by atoms with Crippen molar-refractivity contribution in [2.45, 2.75) is 58.8 Å². The number of hydrogen-bond donors (Lipinski definition) is 2. The number of carbonyl (C=O) groups excluding carboxylic acids is 3. The highest BCUT2D eigenvalue weighted by atomic mass is 16.6. The van der Waals surface area contributed by atoms with Gasteiger partial charge in [-0.2, -0.15) is 0 Å². The minimum absolute atomic E-state index is 0.136. The number of nitrogens with one attached hydrogen (secondary N) is 2. The van der Waals surface area contributed by atoms with E-state index in [-0.39, 0.29) is 23.1 Å². The van der Waals surface area contributed by atoms with E-state index in [0.29, 0.717) is 48.5 Å². The molecule has 10 nitrogen and oxygen atoms in total. The summed E-state index contributed by atoms with van der Waals surface area (Å²) in [7, 11) is 1.25. The van der Waals surface area contributed by atoms with E-state index in [1.807, 2.05) is 0 Å². The molecule has 0 aliphatic carbocycles. The summed E-state index contributed by atoms with van der Waals surface area (Å²) in [6.07, 6.45) is 3.49. The van der Waals surface area contributed by atoms with Gasteiger partial charge in [0.05, 0.1) is 30.1 Å². The van der Waals surface area contributed by atoms with Crippen molar-refractivity contribution in [3.8, 4) is 0 Å². The molecule has 0 aromatic heterocycles. The van der Waals surface area contributed by atoms with Crippen LogP contribution in [0.3, 0.4) is 0 Å². The third kappa shape index (κ3) is 7.40. The number of nitrogens with zero attached hydrogens (tertiary/aromatic N) is 1. The predicted octanol–water partition coefficient (Wildman–Crippen LogP) is 3.63. The molecule has 2 N–H and O–H groups in total. The van der Waals surface area contributed by atoms with Crippen molar-refractivity contribution in [2.24, 2.45) is 0 Å². The molecule has 10 heteroatoms. The fourth-order valence-electron chi connectivity index (χ4n) is 4.11. The first-order valence-corrected chi connectivity index (χ1v) is 11.7. The van der Waals surface area contributed by atoms with Crippen molar-refractivity contribution < 1.29 is 28.8 Å². The van der Waals surface area contributed by atoms with E-state index in [1.165, 1.54) is 25.3 Å². The number of dihydropyridines is 1. The first-order chi connectivity index (χ1) is 16.7. The van der Waals surface area contributed by atoms with Gasteiger partial charge in [0, 0.05) is 42.1 Å². The lowest BCUT2D eigenvalue weighted by Crippen LogP contribution is -2.36. The lowest BCUT2D eigenvalue weighted by molar-refractivity contribution is -0.384. The van der Waals surface area contributed by atoms with Crippen LogP contribution in [0.5, 0.6) is 0 Å². The first kappa shape index (κ1) is 27.6. The van der Waals surface area contributed by atoms with Gasteiger partial charge in [-0.05, 0) is 39.2 Å². The molecule has 0 radical (unpaired) electrons. The number of benzene rings is 1. The van der Waals surface area contributed by atoms with Gasteiger partial charge in [0.15, 0.2) is 0 Å². The van der Waals surface area contributed by atoms with E-state index in [2.05, 4.69) is 10.6 Å². The highest BCUT2D eigenvalue weighted by Gasteiger charge is 2.37. The number of unbranched alkanes of at least 4 members (excludes halogenated alkanes) is 3. The predicted molar refractivity (Wildman–Crippen MR) is 129 cm³/mol. The molecular weight excluding hydrogens is 454 g/mol. The van der Waals surface area contributed by atoms with Crippen LogP contribution in [0.25, 0.3) is 0 Å². The summed E-state index contributed by atoms with van der Waals surface area (Å²) in [4.78, 5) is 48.1. The molecule has 190 valence electrons. The van der Waals surface area contributed by atoms with Crippen LogP contribution < -0.4 is 10.6 Å². The Morgan fingerprint density at radius 2 is 1.77 bits per heavy atom. The van der Waals surface area contributed by atoms with Crippen molar-refractivity contribution in [3.05, 3.63) is 62.5 Å². The Bertz CT molecular complexity index is 1030. The Kier molecular flexibility index (Phi) is 10.4. The molecule has 1 atom stereocenters. The van der Waals surface area contributed by atoms with Crippen molar-refractivity contribution in [2.75, 3.05) is 20.3 Å². The second kappa shape index (κ2) is 13.3. The summed E-state index contributed by atoms with van der Waals surface area (Å²) in [5.41, 5.74) is 1.91. The summed E-state index contributed by atoms with van der Waals surface area (Å²) < 4.78 is 9.87. The van der Waals surface area contributed by atoms with Gasteiger partial charge in [-0.15, -0.1) is 0 Å². The van der Waals surface area contributed by atoms with E-state index in [9.17, 15) is 24.5 Å². The maximum atomic E-state index is 13.2. The maximum Gasteiger partial charge on any atom is 0.336 e. The molecule has 1 aliphatic rings. The highest BCUT2D eigenvalue weighted by molar-refractivity contribution is 6.02. The van der Waals surface area contributed by atoms with Crippen molar-refractivity contribution in [1.82, 2.24) is 10.6 Å². The average Bonchev–Trinajstić information content (AvgIpc) is 2.82. The minimum atomic E-state index is -0.826. The van der Waals surface area contributed by atoms with Crippen LogP contribution in [0.15, 0.2) is 46.8 Å². The van der Waals surface area contributed by atoms with Gasteiger partial charge in [-0.1, -0.05) is 25.0 Å². The molecule has 0 bridgehead atoms. The van der Waals surface area contributed by atoms with E-state index < -0.39 is 16.8 Å². The van der Waals surface area contributed by atoms with Crippen molar-refractivity contribution in [1.29, 1.82) is 0 Å². The molecule has 0 spiro atoms. The third-order valence-corrected chi connectivity index (χ3v) is 5.72. The number of methoxy groups -OCH3 is 1. The van der Waals surface area contributed by atoms with Crippen LogP contribution in [0, 0.1) is 10.1 Å². The summed E-state index contributed by atoms with van der Waals surface area (Å²) in [6.45, 7) is 5.98. The van der Waals surface area contributed by atoms with Gasteiger partial charge in [0.2, 0.25) is 5.91 Å². The zero-order valence-electron chi connectivity index (χ0n) is 20.6. The number of allylic oxidation sites excluding steroid dienone is 2. The average molecular weight is 488 g/mol. The number of nitro benzene ring substituents is 1. The van der Waals surface area contributed by atoms with Crippen molar-refractivity contribution >= 4 is 23.5 Å². The standard InChI is InChI=1S/C25H33N3O7/c1-5-35-20(29)13-8-6-7-9-14-26-24(30)21-16(2)27-17(3)22(25(31)34-4)23(21)18-11-10-12-19(15-18)28(32)33/h10-12,15,23,27H,5-9,13-14H2,1-4H3,(H,26,30). The van der Waals surface area contributed by atoms with Gasteiger partial charge < -0.3 is 20.1 Å². The Morgan fingerprint density at radius 3 is 2.43 bits per heavy atom. The van der Waals surface area contributed by atoms with Gasteiger partial charge in [-0.25, -0.2) is 4.79 Å². The quantitative estimate of drug-likeness (QED) is 0.197. The van der Waals surface area contributed by atoms with Gasteiger partial charge in [-0.3, -0.25) is 19.7 Å². The van der Waals surface area contributed by atoms with Crippen LogP contribution in [-0.4, -0.2) is 43.0 Å². The summed E-state index contributed by atoms with van der Waals surface area (Å²) in [5.74, 6) is -2.02. The molecule has 0 saturated heterocycles. The fraction of sp³-hybridized carbons (Fsp3) is 0.480. The summed E-state index contributed by atoms with van der Waals surface area (Å²) in [5, 5.41) is 17.3. The van der Waals surface area contributed by atoms with Crippen LogP contribution in [0.1, 0.15) is 64.4 Å². The molecule has 1 aromatic rings. The maximum absolute atomic E-state index is 13.2. The molecule has 1 amide bonds. The van der Waals surface area contributed by atoms with Crippen LogP contribution >= 0.6 is 0 Å². The van der Waals surface area contributed by atoms with Crippen LogP contribution in [0.2, 0.25) is 0 Å². The molecule has 35 heavy (non-hydrogen) atoms. The zero-order valence-corrected chi connectivity index (χ0v) is 20.6. The SMILES string of the molecule is CCOC(=O)CCCCCCNC(=O)C1=C(C)NC(C)=C(C(=O)OC)C1c1cccc([N+](=O)[O-])c1. The lowest BCUT2D eigenvalue weighted by atomic mass is 9.80. The van der Waals surface area contributed by atoms with Gasteiger partial charge >= 0.3 is 11.9 Å². The normalized spacial score (nSPS) is 15.4. The number of amides is 1. The Morgan fingerprint density at radius 1 is 1.09 bits per heavy atom. The Balaban J connectivity index is 2.16. The second-order valence-electron chi connectivity index (χ2n) is 8.20. The molecule has 1 aromatic carbocycles. The topological polar surface area (TPSA) is 137 Å². The fourth-order valence-corrected chi connectivity index (χ4v) is 4.11. The van der Waals surface area contributed by atoms with E-state index in [1.54, 1.807) is 26.8 Å². The molecule has 0 saturated carbocycles. The number of hydrogen-bond acceptors (Lipinski definition) is 8. The van der Waals surface area contributed by atoms with Crippen LogP contribution in [0.4, 0.5) is 5.69 Å². The molecule has 1 aliphatic heterocycles. The Labute approximate surface area is 204 Å².